The maximum Gasteiger partial charge on any atom is 0.270 e. The van der Waals surface area contributed by atoms with Crippen molar-refractivity contribution < 1.29 is 17.9 Å². The fourth-order valence-electron chi connectivity index (χ4n) is 2.62. The summed E-state index contributed by atoms with van der Waals surface area (Å²) in [5.41, 5.74) is 0.502. The molecule has 0 spiro atoms. The zero-order valence-corrected chi connectivity index (χ0v) is 13.9. The standard InChI is InChI=1S/C17H15N3O4S/c21-25(22,14-6-7-15-16(12-14)24-11-10-23-15)20(17-8-9-18-19-17)13-4-2-1-3-5-13/h1-9,12H,10-11H2,(H,18,19). The number of para-hydroxylation sites is 1. The Hall–Kier alpha value is -3.00. The van der Waals surface area contributed by atoms with E-state index >= 15 is 0 Å². The van der Waals surface area contributed by atoms with Crippen LogP contribution in [0, 0.1) is 0 Å². The summed E-state index contributed by atoms with van der Waals surface area (Å²) < 4.78 is 38.8. The highest BCUT2D eigenvalue weighted by Gasteiger charge is 2.29. The average Bonchev–Trinajstić information content (AvgIpc) is 3.16. The van der Waals surface area contributed by atoms with Crippen LogP contribution in [-0.4, -0.2) is 31.8 Å². The molecule has 4 rings (SSSR count). The highest BCUT2D eigenvalue weighted by molar-refractivity contribution is 7.93. The molecule has 0 atom stereocenters. The van der Waals surface area contributed by atoms with Crippen molar-refractivity contribution in [3.63, 3.8) is 0 Å². The lowest BCUT2D eigenvalue weighted by Gasteiger charge is -2.24. The molecule has 1 aliphatic heterocycles. The molecule has 0 bridgehead atoms. The lowest BCUT2D eigenvalue weighted by Crippen LogP contribution is -2.27. The zero-order valence-electron chi connectivity index (χ0n) is 13.1. The van der Waals surface area contributed by atoms with Gasteiger partial charge in [-0.1, -0.05) is 18.2 Å². The van der Waals surface area contributed by atoms with Gasteiger partial charge in [0.25, 0.3) is 10.0 Å². The van der Waals surface area contributed by atoms with Crippen LogP contribution in [0.15, 0.2) is 65.7 Å². The first kappa shape index (κ1) is 15.5. The fourth-order valence-corrected chi connectivity index (χ4v) is 4.09. The van der Waals surface area contributed by atoms with Crippen LogP contribution < -0.4 is 13.8 Å². The van der Waals surface area contributed by atoms with E-state index in [0.717, 1.165) is 0 Å². The van der Waals surface area contributed by atoms with Crippen molar-refractivity contribution in [3.05, 3.63) is 60.8 Å². The monoisotopic (exact) mass is 357 g/mol. The summed E-state index contributed by atoms with van der Waals surface area (Å²) in [7, 11) is -3.88. The molecule has 0 amide bonds. The molecule has 1 N–H and O–H groups in total. The predicted molar refractivity (Wildman–Crippen MR) is 91.8 cm³/mol. The lowest BCUT2D eigenvalue weighted by atomic mass is 10.3. The number of anilines is 2. The van der Waals surface area contributed by atoms with Crippen molar-refractivity contribution in [3.8, 4) is 11.5 Å². The highest BCUT2D eigenvalue weighted by Crippen LogP contribution is 2.36. The number of aromatic amines is 1. The van der Waals surface area contributed by atoms with Crippen LogP contribution in [0.3, 0.4) is 0 Å². The first-order valence-corrected chi connectivity index (χ1v) is 9.10. The third-order valence-electron chi connectivity index (χ3n) is 3.75. The summed E-state index contributed by atoms with van der Waals surface area (Å²) in [6.45, 7) is 0.836. The lowest BCUT2D eigenvalue weighted by molar-refractivity contribution is 0.171. The number of nitrogens with zero attached hydrogens (tertiary/aromatic N) is 2. The first-order valence-electron chi connectivity index (χ1n) is 7.66. The number of aromatic nitrogens is 2. The Morgan fingerprint density at radius 1 is 0.960 bits per heavy atom. The number of benzene rings is 2. The summed E-state index contributed by atoms with van der Waals surface area (Å²) in [5, 5.41) is 6.58. The van der Waals surface area contributed by atoms with E-state index in [1.54, 1.807) is 36.4 Å². The van der Waals surface area contributed by atoms with E-state index in [-0.39, 0.29) is 4.90 Å². The van der Waals surface area contributed by atoms with Crippen molar-refractivity contribution in [2.75, 3.05) is 17.5 Å². The number of fused-ring (bicyclic) bond motifs is 1. The van der Waals surface area contributed by atoms with Gasteiger partial charge in [-0.25, -0.2) is 12.7 Å². The summed E-state index contributed by atoms with van der Waals surface area (Å²) in [6.07, 6.45) is 1.50. The Bertz CT molecular complexity index is 972. The fraction of sp³-hybridized carbons (Fsp3) is 0.118. The summed E-state index contributed by atoms with van der Waals surface area (Å²) in [5.74, 6) is 1.31. The molecule has 2 heterocycles. The van der Waals surface area contributed by atoms with Crippen LogP contribution in [0.2, 0.25) is 0 Å². The maximum atomic E-state index is 13.3. The Balaban J connectivity index is 1.83. The van der Waals surface area contributed by atoms with Crippen LogP contribution in [0.5, 0.6) is 11.5 Å². The second kappa shape index (κ2) is 6.14. The van der Waals surface area contributed by atoms with Gasteiger partial charge in [0.15, 0.2) is 11.5 Å². The SMILES string of the molecule is O=S(=O)(c1ccc2c(c1)OCCO2)N(c1ccccc1)c1ccn[nH]1. The molecule has 1 aliphatic rings. The quantitative estimate of drug-likeness (QED) is 0.776. The minimum absolute atomic E-state index is 0.107. The Kier molecular flexibility index (Phi) is 3.81. The van der Waals surface area contributed by atoms with Gasteiger partial charge >= 0.3 is 0 Å². The molecule has 25 heavy (non-hydrogen) atoms. The number of hydrogen-bond acceptors (Lipinski definition) is 5. The van der Waals surface area contributed by atoms with E-state index in [0.29, 0.717) is 36.2 Å². The van der Waals surface area contributed by atoms with Crippen LogP contribution in [0.25, 0.3) is 0 Å². The van der Waals surface area contributed by atoms with Gasteiger partial charge in [0.1, 0.15) is 19.0 Å². The molecular weight excluding hydrogens is 342 g/mol. The molecule has 0 saturated carbocycles. The molecule has 128 valence electrons. The molecular formula is C17H15N3O4S. The van der Waals surface area contributed by atoms with E-state index in [1.807, 2.05) is 6.07 Å². The molecule has 0 unspecified atom stereocenters. The van der Waals surface area contributed by atoms with Gasteiger partial charge in [0, 0.05) is 12.1 Å². The van der Waals surface area contributed by atoms with Gasteiger partial charge < -0.3 is 9.47 Å². The van der Waals surface area contributed by atoms with Crippen LogP contribution in [0.4, 0.5) is 11.5 Å². The Morgan fingerprint density at radius 2 is 1.72 bits per heavy atom. The first-order chi connectivity index (χ1) is 12.2. The molecule has 0 aliphatic carbocycles. The van der Waals surface area contributed by atoms with E-state index in [9.17, 15) is 8.42 Å². The number of ether oxygens (including phenoxy) is 2. The van der Waals surface area contributed by atoms with Gasteiger partial charge in [0.05, 0.1) is 16.8 Å². The molecule has 0 radical (unpaired) electrons. The molecule has 7 nitrogen and oxygen atoms in total. The summed E-state index contributed by atoms with van der Waals surface area (Å²) in [4.78, 5) is 0.107. The zero-order chi connectivity index (χ0) is 17.3. The number of sulfonamides is 1. The largest absolute Gasteiger partial charge is 0.486 e. The molecule has 2 aromatic carbocycles. The third kappa shape index (κ3) is 2.80. The predicted octanol–water partition coefficient (Wildman–Crippen LogP) is 2.71. The number of hydrogen-bond donors (Lipinski definition) is 1. The van der Waals surface area contributed by atoms with Crippen LogP contribution >= 0.6 is 0 Å². The van der Waals surface area contributed by atoms with Crippen LogP contribution in [-0.2, 0) is 10.0 Å². The Morgan fingerprint density at radius 3 is 2.44 bits per heavy atom. The number of H-pyrrole nitrogens is 1. The van der Waals surface area contributed by atoms with E-state index in [4.69, 9.17) is 9.47 Å². The van der Waals surface area contributed by atoms with Gasteiger partial charge in [-0.2, -0.15) is 5.10 Å². The molecule has 0 saturated heterocycles. The van der Waals surface area contributed by atoms with E-state index in [1.165, 1.54) is 22.6 Å². The van der Waals surface area contributed by atoms with Gasteiger partial charge in [-0.05, 0) is 24.3 Å². The van der Waals surface area contributed by atoms with E-state index in [2.05, 4.69) is 10.2 Å². The molecule has 3 aromatic rings. The van der Waals surface area contributed by atoms with Gasteiger partial charge in [0.2, 0.25) is 0 Å². The average molecular weight is 357 g/mol. The van der Waals surface area contributed by atoms with Crippen molar-refractivity contribution in [2.24, 2.45) is 0 Å². The minimum Gasteiger partial charge on any atom is -0.486 e. The van der Waals surface area contributed by atoms with E-state index < -0.39 is 10.0 Å². The van der Waals surface area contributed by atoms with Gasteiger partial charge in [-0.15, -0.1) is 0 Å². The summed E-state index contributed by atoms with van der Waals surface area (Å²) >= 11 is 0. The number of nitrogens with one attached hydrogen (secondary N) is 1. The summed E-state index contributed by atoms with van der Waals surface area (Å²) in [6, 6.07) is 15.0. The van der Waals surface area contributed by atoms with Crippen LogP contribution in [0.1, 0.15) is 0 Å². The second-order valence-electron chi connectivity index (χ2n) is 5.35. The topological polar surface area (TPSA) is 84.5 Å². The molecule has 1 aromatic heterocycles. The Labute approximate surface area is 144 Å². The van der Waals surface area contributed by atoms with Crippen molar-refractivity contribution in [1.29, 1.82) is 0 Å². The smallest absolute Gasteiger partial charge is 0.270 e. The maximum absolute atomic E-state index is 13.3. The minimum atomic E-state index is -3.88. The van der Waals surface area contributed by atoms with Gasteiger partial charge in [-0.3, -0.25) is 5.10 Å². The normalized spacial score (nSPS) is 13.4. The molecule has 0 fully saturated rings. The molecule has 8 heteroatoms. The number of rotatable bonds is 4. The third-order valence-corrected chi connectivity index (χ3v) is 5.49. The highest BCUT2D eigenvalue weighted by atomic mass is 32.2. The van der Waals surface area contributed by atoms with Crippen molar-refractivity contribution in [2.45, 2.75) is 4.90 Å². The second-order valence-corrected chi connectivity index (χ2v) is 7.14. The van der Waals surface area contributed by atoms with Crippen molar-refractivity contribution >= 4 is 21.5 Å². The van der Waals surface area contributed by atoms with Crippen molar-refractivity contribution in [1.82, 2.24) is 10.2 Å².